The molecule has 3 N–H and O–H groups in total. The van der Waals surface area contributed by atoms with E-state index in [4.69, 9.17) is 0 Å². The number of nitrogens with one attached hydrogen (secondary N) is 3. The summed E-state index contributed by atoms with van der Waals surface area (Å²) in [5.41, 5.74) is 7.12. The van der Waals surface area contributed by atoms with Gasteiger partial charge in [-0.3, -0.25) is 10.2 Å². The van der Waals surface area contributed by atoms with E-state index in [1.54, 1.807) is 0 Å². The minimum atomic E-state index is 0.161. The first-order chi connectivity index (χ1) is 10.1. The quantitative estimate of drug-likeness (QED) is 0.501. The molecule has 5 nitrogen and oxygen atoms in total. The summed E-state index contributed by atoms with van der Waals surface area (Å²) in [6.45, 7) is 6.24. The second kappa shape index (κ2) is 4.22. The summed E-state index contributed by atoms with van der Waals surface area (Å²) in [4.78, 5) is 0. The van der Waals surface area contributed by atoms with Gasteiger partial charge in [0.2, 0.25) is 0 Å². The van der Waals surface area contributed by atoms with Crippen molar-refractivity contribution in [1.82, 2.24) is 20.4 Å². The Balaban J connectivity index is 1.98. The topological polar surface area (TPSA) is 69.4 Å². The van der Waals surface area contributed by atoms with E-state index in [1.165, 1.54) is 22.3 Å². The van der Waals surface area contributed by atoms with Gasteiger partial charge in [0.25, 0.3) is 0 Å². The fourth-order valence-electron chi connectivity index (χ4n) is 3.12. The highest BCUT2D eigenvalue weighted by atomic mass is 15.3. The molecule has 0 aliphatic carbocycles. The molecule has 1 aliphatic heterocycles. The molecule has 1 aromatic carbocycles. The standard InChI is InChI=1S/C16H17N5/c1-8-4-6-11(7-5-8)14-12-9(2)18-20-15(12)17-16-13(14)10(3)19-21-16/h4-7,14H,1-3H3,(H3,17,18,19,20,21). The van der Waals surface area contributed by atoms with Crippen LogP contribution in [0.25, 0.3) is 0 Å². The highest BCUT2D eigenvalue weighted by Gasteiger charge is 2.33. The van der Waals surface area contributed by atoms with E-state index in [0.717, 1.165) is 23.0 Å². The van der Waals surface area contributed by atoms with Crippen molar-refractivity contribution in [2.45, 2.75) is 26.7 Å². The molecule has 0 saturated heterocycles. The zero-order valence-electron chi connectivity index (χ0n) is 12.3. The maximum atomic E-state index is 4.37. The van der Waals surface area contributed by atoms with Crippen LogP contribution in [0.3, 0.4) is 0 Å². The summed E-state index contributed by atoms with van der Waals surface area (Å²) in [7, 11) is 0. The lowest BCUT2D eigenvalue weighted by atomic mass is 9.82. The second-order valence-corrected chi connectivity index (χ2v) is 5.69. The zero-order chi connectivity index (χ0) is 14.6. The summed E-state index contributed by atoms with van der Waals surface area (Å²) in [5.74, 6) is 1.91. The Hall–Kier alpha value is -2.56. The SMILES string of the molecule is Cc1ccc(C2c3c(n[nH]c3C)Nc3n[nH]c(C)c32)cc1. The van der Waals surface area contributed by atoms with Crippen LogP contribution in [0.1, 0.15) is 39.6 Å². The molecule has 0 radical (unpaired) electrons. The lowest BCUT2D eigenvalue weighted by Gasteiger charge is -2.24. The third kappa shape index (κ3) is 1.70. The Morgan fingerprint density at radius 2 is 1.33 bits per heavy atom. The number of hydrogen-bond acceptors (Lipinski definition) is 3. The van der Waals surface area contributed by atoms with Crippen LogP contribution in [0.2, 0.25) is 0 Å². The monoisotopic (exact) mass is 279 g/mol. The van der Waals surface area contributed by atoms with Gasteiger partial charge in [-0.05, 0) is 26.3 Å². The molecule has 3 aromatic rings. The number of aromatic amines is 2. The number of rotatable bonds is 1. The van der Waals surface area contributed by atoms with E-state index in [0.29, 0.717) is 0 Å². The van der Waals surface area contributed by atoms with E-state index in [1.807, 2.05) is 0 Å². The van der Waals surface area contributed by atoms with Gasteiger partial charge >= 0.3 is 0 Å². The van der Waals surface area contributed by atoms with Crippen LogP contribution in [0.4, 0.5) is 11.6 Å². The Kier molecular flexibility index (Phi) is 2.45. The molecule has 0 amide bonds. The molecule has 3 heterocycles. The molecule has 0 unspecified atom stereocenters. The molecule has 106 valence electrons. The number of anilines is 2. The third-order valence-corrected chi connectivity index (χ3v) is 4.21. The van der Waals surface area contributed by atoms with E-state index < -0.39 is 0 Å². The van der Waals surface area contributed by atoms with Gasteiger partial charge in [0.15, 0.2) is 11.6 Å². The number of aromatic nitrogens is 4. The molecule has 4 rings (SSSR count). The number of fused-ring (bicyclic) bond motifs is 2. The summed E-state index contributed by atoms with van der Waals surface area (Å²) < 4.78 is 0. The van der Waals surface area contributed by atoms with Crippen LogP contribution in [-0.4, -0.2) is 20.4 Å². The summed E-state index contributed by atoms with van der Waals surface area (Å²) in [5, 5.41) is 18.2. The van der Waals surface area contributed by atoms with Crippen LogP contribution < -0.4 is 5.32 Å². The minimum Gasteiger partial charge on any atom is -0.321 e. The summed E-state index contributed by atoms with van der Waals surface area (Å²) >= 11 is 0. The molecule has 0 atom stereocenters. The van der Waals surface area contributed by atoms with Gasteiger partial charge in [0.05, 0.1) is 0 Å². The molecule has 0 saturated carbocycles. The van der Waals surface area contributed by atoms with Gasteiger partial charge in [-0.15, -0.1) is 0 Å². The number of H-pyrrole nitrogens is 2. The predicted octanol–water partition coefficient (Wildman–Crippen LogP) is 3.30. The number of aryl methyl sites for hydroxylation is 3. The highest BCUT2D eigenvalue weighted by Crippen LogP contribution is 2.45. The fourth-order valence-corrected chi connectivity index (χ4v) is 3.12. The van der Waals surface area contributed by atoms with E-state index in [2.05, 4.69) is 70.7 Å². The normalized spacial score (nSPS) is 13.7. The van der Waals surface area contributed by atoms with Gasteiger partial charge in [-0.25, -0.2) is 0 Å². The molecule has 0 spiro atoms. The van der Waals surface area contributed by atoms with Crippen molar-refractivity contribution in [2.24, 2.45) is 0 Å². The van der Waals surface area contributed by atoms with Crippen molar-refractivity contribution in [1.29, 1.82) is 0 Å². The first-order valence-electron chi connectivity index (χ1n) is 7.08. The van der Waals surface area contributed by atoms with E-state index in [-0.39, 0.29) is 5.92 Å². The second-order valence-electron chi connectivity index (χ2n) is 5.69. The Bertz CT molecular complexity index is 764. The lowest BCUT2D eigenvalue weighted by Crippen LogP contribution is -2.14. The minimum absolute atomic E-state index is 0.161. The first-order valence-corrected chi connectivity index (χ1v) is 7.08. The molecule has 21 heavy (non-hydrogen) atoms. The van der Waals surface area contributed by atoms with Crippen LogP contribution in [0.15, 0.2) is 24.3 Å². The predicted molar refractivity (Wildman–Crippen MR) is 82.1 cm³/mol. The average molecular weight is 279 g/mol. The molecule has 0 fully saturated rings. The average Bonchev–Trinajstić information content (AvgIpc) is 3.03. The van der Waals surface area contributed by atoms with Gasteiger partial charge < -0.3 is 5.32 Å². The number of nitrogens with zero attached hydrogens (tertiary/aromatic N) is 2. The molecule has 1 aliphatic rings. The van der Waals surface area contributed by atoms with Crippen LogP contribution in [-0.2, 0) is 0 Å². The molecule has 2 aromatic heterocycles. The first kappa shape index (κ1) is 12.2. The largest absolute Gasteiger partial charge is 0.321 e. The Labute approximate surface area is 122 Å². The molecular weight excluding hydrogens is 262 g/mol. The van der Waals surface area contributed by atoms with Crippen LogP contribution >= 0.6 is 0 Å². The van der Waals surface area contributed by atoms with Crippen molar-refractivity contribution in [2.75, 3.05) is 5.32 Å². The number of benzene rings is 1. The van der Waals surface area contributed by atoms with Crippen molar-refractivity contribution in [3.63, 3.8) is 0 Å². The molecular formula is C16H17N5. The van der Waals surface area contributed by atoms with Crippen molar-refractivity contribution < 1.29 is 0 Å². The smallest absolute Gasteiger partial charge is 0.157 e. The van der Waals surface area contributed by atoms with E-state index >= 15 is 0 Å². The van der Waals surface area contributed by atoms with Gasteiger partial charge in [0, 0.05) is 28.4 Å². The van der Waals surface area contributed by atoms with Crippen LogP contribution in [0.5, 0.6) is 0 Å². The fraction of sp³-hybridized carbons (Fsp3) is 0.250. The molecule has 0 bridgehead atoms. The van der Waals surface area contributed by atoms with Gasteiger partial charge in [-0.1, -0.05) is 29.8 Å². The zero-order valence-corrected chi connectivity index (χ0v) is 12.3. The van der Waals surface area contributed by atoms with Crippen molar-refractivity contribution >= 4 is 11.6 Å². The van der Waals surface area contributed by atoms with Crippen molar-refractivity contribution in [3.05, 3.63) is 57.9 Å². The third-order valence-electron chi connectivity index (χ3n) is 4.21. The number of hydrogen-bond donors (Lipinski definition) is 3. The van der Waals surface area contributed by atoms with Gasteiger partial charge in [0.1, 0.15) is 0 Å². The maximum absolute atomic E-state index is 4.37. The Morgan fingerprint density at radius 1 is 0.810 bits per heavy atom. The molecule has 5 heteroatoms. The Morgan fingerprint density at radius 3 is 1.86 bits per heavy atom. The van der Waals surface area contributed by atoms with Gasteiger partial charge in [-0.2, -0.15) is 10.2 Å². The van der Waals surface area contributed by atoms with Crippen molar-refractivity contribution in [3.8, 4) is 0 Å². The van der Waals surface area contributed by atoms with E-state index in [9.17, 15) is 0 Å². The lowest BCUT2D eigenvalue weighted by molar-refractivity contribution is 0.939. The summed E-state index contributed by atoms with van der Waals surface area (Å²) in [6, 6.07) is 8.69. The highest BCUT2D eigenvalue weighted by molar-refractivity contribution is 5.72. The summed E-state index contributed by atoms with van der Waals surface area (Å²) in [6.07, 6.45) is 0. The van der Waals surface area contributed by atoms with Crippen LogP contribution in [0, 0.1) is 20.8 Å². The maximum Gasteiger partial charge on any atom is 0.157 e.